The molecule has 110 valence electrons. The molecule has 2 aromatic rings. The van der Waals surface area contributed by atoms with Crippen LogP contribution in [0.5, 0.6) is 0 Å². The highest BCUT2D eigenvalue weighted by atomic mass is 16.5. The van der Waals surface area contributed by atoms with Crippen LogP contribution in [0.4, 0.5) is 0 Å². The van der Waals surface area contributed by atoms with E-state index in [1.165, 1.54) is 5.56 Å². The third kappa shape index (κ3) is 4.39. The molecule has 0 fully saturated rings. The molecule has 1 aromatic heterocycles. The Kier molecular flexibility index (Phi) is 5.46. The fourth-order valence-corrected chi connectivity index (χ4v) is 2.02. The second-order valence-corrected chi connectivity index (χ2v) is 4.90. The van der Waals surface area contributed by atoms with E-state index in [1.807, 2.05) is 31.2 Å². The van der Waals surface area contributed by atoms with Gasteiger partial charge in [-0.05, 0) is 31.5 Å². The summed E-state index contributed by atoms with van der Waals surface area (Å²) >= 11 is 0. The quantitative estimate of drug-likeness (QED) is 0.830. The van der Waals surface area contributed by atoms with Gasteiger partial charge in [0, 0.05) is 32.0 Å². The summed E-state index contributed by atoms with van der Waals surface area (Å²) in [4.78, 5) is 16.3. The van der Waals surface area contributed by atoms with Gasteiger partial charge in [0.1, 0.15) is 0 Å². The predicted molar refractivity (Wildman–Crippen MR) is 83.2 cm³/mol. The van der Waals surface area contributed by atoms with Crippen molar-refractivity contribution in [2.24, 2.45) is 0 Å². The first-order chi connectivity index (χ1) is 10.2. The van der Waals surface area contributed by atoms with Crippen molar-refractivity contribution in [2.45, 2.75) is 13.3 Å². The summed E-state index contributed by atoms with van der Waals surface area (Å²) in [6.07, 6.45) is 2.42. The first kappa shape index (κ1) is 15.2. The average molecular weight is 284 g/mol. The van der Waals surface area contributed by atoms with Gasteiger partial charge in [-0.15, -0.1) is 0 Å². The third-order valence-electron chi connectivity index (χ3n) is 3.15. The summed E-state index contributed by atoms with van der Waals surface area (Å²) in [5.74, 6) is -0.102. The van der Waals surface area contributed by atoms with Crippen LogP contribution in [-0.2, 0) is 4.74 Å². The van der Waals surface area contributed by atoms with E-state index in [2.05, 4.69) is 16.4 Å². The standard InChI is InChI=1S/C17H20N2O2/c1-13-5-3-6-14(11-13)16-8-7-15(12-19-16)17(20)18-9-4-10-21-2/h3,5-8,11-12H,4,9-10H2,1-2H3,(H,18,20). The molecule has 0 saturated heterocycles. The molecule has 0 aliphatic heterocycles. The summed E-state index contributed by atoms with van der Waals surface area (Å²) in [5, 5.41) is 2.84. The lowest BCUT2D eigenvalue weighted by molar-refractivity contribution is 0.0948. The second-order valence-electron chi connectivity index (χ2n) is 4.90. The van der Waals surface area contributed by atoms with Crippen molar-refractivity contribution in [3.63, 3.8) is 0 Å². The van der Waals surface area contributed by atoms with E-state index in [4.69, 9.17) is 4.74 Å². The summed E-state index contributed by atoms with van der Waals surface area (Å²) < 4.78 is 4.94. The monoisotopic (exact) mass is 284 g/mol. The van der Waals surface area contributed by atoms with E-state index >= 15 is 0 Å². The number of benzene rings is 1. The average Bonchev–Trinajstić information content (AvgIpc) is 2.51. The van der Waals surface area contributed by atoms with Crippen molar-refractivity contribution in [1.29, 1.82) is 0 Å². The fourth-order valence-electron chi connectivity index (χ4n) is 2.02. The predicted octanol–water partition coefficient (Wildman–Crippen LogP) is 2.82. The minimum Gasteiger partial charge on any atom is -0.385 e. The smallest absolute Gasteiger partial charge is 0.252 e. The molecule has 21 heavy (non-hydrogen) atoms. The van der Waals surface area contributed by atoms with Crippen LogP contribution < -0.4 is 5.32 Å². The van der Waals surface area contributed by atoms with Gasteiger partial charge in [-0.1, -0.05) is 23.8 Å². The number of ether oxygens (including phenoxy) is 1. The first-order valence-corrected chi connectivity index (χ1v) is 7.01. The van der Waals surface area contributed by atoms with Crippen LogP contribution in [0.15, 0.2) is 42.6 Å². The van der Waals surface area contributed by atoms with Gasteiger partial charge in [-0.2, -0.15) is 0 Å². The summed E-state index contributed by atoms with van der Waals surface area (Å²) in [7, 11) is 1.65. The van der Waals surface area contributed by atoms with Gasteiger partial charge < -0.3 is 10.1 Å². The van der Waals surface area contributed by atoms with Gasteiger partial charge in [0.05, 0.1) is 11.3 Å². The minimum absolute atomic E-state index is 0.102. The Morgan fingerprint density at radius 1 is 1.29 bits per heavy atom. The third-order valence-corrected chi connectivity index (χ3v) is 3.15. The van der Waals surface area contributed by atoms with Crippen LogP contribution in [0.3, 0.4) is 0 Å². The molecule has 0 atom stereocenters. The second kappa shape index (κ2) is 7.55. The number of aromatic nitrogens is 1. The van der Waals surface area contributed by atoms with Gasteiger partial charge in [0.25, 0.3) is 5.91 Å². The van der Waals surface area contributed by atoms with Crippen LogP contribution >= 0.6 is 0 Å². The lowest BCUT2D eigenvalue weighted by Gasteiger charge is -2.06. The van der Waals surface area contributed by atoms with Crippen molar-refractivity contribution < 1.29 is 9.53 Å². The Bertz CT molecular complexity index is 594. The van der Waals surface area contributed by atoms with Crippen LogP contribution in [0.1, 0.15) is 22.3 Å². The molecule has 4 heteroatoms. The number of aryl methyl sites for hydroxylation is 1. The molecule has 1 heterocycles. The van der Waals surface area contributed by atoms with E-state index in [1.54, 1.807) is 19.4 Å². The molecular weight excluding hydrogens is 264 g/mol. The summed E-state index contributed by atoms with van der Waals surface area (Å²) in [6.45, 7) is 3.29. The fraction of sp³-hybridized carbons (Fsp3) is 0.294. The highest BCUT2D eigenvalue weighted by molar-refractivity contribution is 5.94. The zero-order chi connectivity index (χ0) is 15.1. The molecule has 1 amide bonds. The van der Waals surface area contributed by atoms with E-state index in [9.17, 15) is 4.79 Å². The number of methoxy groups -OCH3 is 1. The van der Waals surface area contributed by atoms with E-state index in [-0.39, 0.29) is 5.91 Å². The molecule has 0 bridgehead atoms. The highest BCUT2D eigenvalue weighted by Crippen LogP contribution is 2.18. The van der Waals surface area contributed by atoms with Crippen LogP contribution in [0.2, 0.25) is 0 Å². The van der Waals surface area contributed by atoms with Gasteiger partial charge in [-0.25, -0.2) is 0 Å². The molecule has 1 N–H and O–H groups in total. The van der Waals surface area contributed by atoms with Crippen molar-refractivity contribution in [1.82, 2.24) is 10.3 Å². The lowest BCUT2D eigenvalue weighted by Crippen LogP contribution is -2.25. The number of nitrogens with zero attached hydrogens (tertiary/aromatic N) is 1. The van der Waals surface area contributed by atoms with E-state index in [0.29, 0.717) is 18.7 Å². The van der Waals surface area contributed by atoms with Gasteiger partial charge in [-0.3, -0.25) is 9.78 Å². The largest absolute Gasteiger partial charge is 0.385 e. The zero-order valence-corrected chi connectivity index (χ0v) is 12.4. The normalized spacial score (nSPS) is 10.4. The Hall–Kier alpha value is -2.20. The van der Waals surface area contributed by atoms with Gasteiger partial charge in [0.15, 0.2) is 0 Å². The Morgan fingerprint density at radius 2 is 2.14 bits per heavy atom. The number of hydrogen-bond acceptors (Lipinski definition) is 3. The Morgan fingerprint density at radius 3 is 2.81 bits per heavy atom. The number of carbonyl (C=O) groups excluding carboxylic acids is 1. The van der Waals surface area contributed by atoms with Crippen LogP contribution in [0, 0.1) is 6.92 Å². The maximum atomic E-state index is 11.9. The topological polar surface area (TPSA) is 51.2 Å². The van der Waals surface area contributed by atoms with Gasteiger partial charge >= 0.3 is 0 Å². The highest BCUT2D eigenvalue weighted by Gasteiger charge is 2.06. The van der Waals surface area contributed by atoms with E-state index < -0.39 is 0 Å². The van der Waals surface area contributed by atoms with Crippen LogP contribution in [0.25, 0.3) is 11.3 Å². The number of rotatable bonds is 6. The Labute approximate surface area is 125 Å². The molecular formula is C17H20N2O2. The molecule has 0 saturated carbocycles. The van der Waals surface area contributed by atoms with Crippen LogP contribution in [-0.4, -0.2) is 31.2 Å². The molecule has 0 aliphatic rings. The first-order valence-electron chi connectivity index (χ1n) is 7.01. The lowest BCUT2D eigenvalue weighted by atomic mass is 10.1. The van der Waals surface area contributed by atoms with Gasteiger partial charge in [0.2, 0.25) is 0 Å². The molecule has 0 unspecified atom stereocenters. The number of pyridine rings is 1. The molecule has 0 spiro atoms. The van der Waals surface area contributed by atoms with Crippen molar-refractivity contribution >= 4 is 5.91 Å². The number of amides is 1. The molecule has 0 radical (unpaired) electrons. The molecule has 0 aliphatic carbocycles. The number of nitrogens with one attached hydrogen (secondary N) is 1. The summed E-state index contributed by atoms with van der Waals surface area (Å²) in [5.41, 5.74) is 3.69. The Balaban J connectivity index is 2.00. The summed E-state index contributed by atoms with van der Waals surface area (Å²) in [6, 6.07) is 11.8. The maximum absolute atomic E-state index is 11.9. The number of hydrogen-bond donors (Lipinski definition) is 1. The molecule has 4 nitrogen and oxygen atoms in total. The minimum atomic E-state index is -0.102. The maximum Gasteiger partial charge on any atom is 0.252 e. The zero-order valence-electron chi connectivity index (χ0n) is 12.4. The van der Waals surface area contributed by atoms with E-state index in [0.717, 1.165) is 17.7 Å². The van der Waals surface area contributed by atoms with Crippen molar-refractivity contribution in [2.75, 3.05) is 20.3 Å². The molecule has 1 aromatic carbocycles. The van der Waals surface area contributed by atoms with Crippen molar-refractivity contribution in [3.8, 4) is 11.3 Å². The van der Waals surface area contributed by atoms with Crippen molar-refractivity contribution in [3.05, 3.63) is 53.7 Å². The molecule has 2 rings (SSSR count). The number of carbonyl (C=O) groups is 1. The SMILES string of the molecule is COCCCNC(=O)c1ccc(-c2cccc(C)c2)nc1.